The summed E-state index contributed by atoms with van der Waals surface area (Å²) >= 11 is 1.17. The Morgan fingerprint density at radius 1 is 1.50 bits per heavy atom. The third kappa shape index (κ3) is 4.40. The van der Waals surface area contributed by atoms with Crippen LogP contribution in [0.1, 0.15) is 30.7 Å². The molecule has 2 aliphatic rings. The molecule has 2 atom stereocenters. The van der Waals surface area contributed by atoms with Crippen LogP contribution in [-0.4, -0.2) is 59.3 Å². The first kappa shape index (κ1) is 21.0. The Morgan fingerprint density at radius 3 is 3.10 bits per heavy atom. The van der Waals surface area contributed by atoms with Gasteiger partial charge in [-0.15, -0.1) is 0 Å². The Bertz CT molecular complexity index is 940. The molecular formula is C20H25FN4O4S. The maximum Gasteiger partial charge on any atom is 0.230 e. The molecule has 1 spiro atoms. The minimum atomic E-state index is -0.533. The first-order valence-corrected chi connectivity index (χ1v) is 10.7. The number of nitrogens with zero attached hydrogens (tertiary/aromatic N) is 3. The number of thiazole rings is 1. The number of halogens is 1. The molecule has 1 N–H and O–H groups in total. The zero-order valence-electron chi connectivity index (χ0n) is 17.2. The van der Waals surface area contributed by atoms with Crippen molar-refractivity contribution >= 4 is 22.4 Å². The zero-order chi connectivity index (χ0) is 21.3. The summed E-state index contributed by atoms with van der Waals surface area (Å²) < 4.78 is 31.2. The van der Waals surface area contributed by atoms with Crippen LogP contribution < -0.4 is 14.8 Å². The minimum Gasteiger partial charge on any atom is -0.484 e. The lowest BCUT2D eigenvalue weighted by molar-refractivity contribution is -0.114. The molecule has 8 nitrogen and oxygen atoms in total. The lowest BCUT2D eigenvalue weighted by Crippen LogP contribution is -2.37. The Morgan fingerprint density at radius 2 is 2.33 bits per heavy atom. The molecule has 2 aromatic rings. The second-order valence-corrected chi connectivity index (χ2v) is 8.89. The van der Waals surface area contributed by atoms with Crippen molar-refractivity contribution in [3.05, 3.63) is 28.7 Å². The Labute approximate surface area is 178 Å². The highest BCUT2D eigenvalue weighted by atomic mass is 32.1. The lowest BCUT2D eigenvalue weighted by Gasteiger charge is -2.23. The molecule has 0 unspecified atom stereocenters. The van der Waals surface area contributed by atoms with Crippen LogP contribution in [-0.2, 0) is 22.5 Å². The van der Waals surface area contributed by atoms with E-state index in [4.69, 9.17) is 14.2 Å². The number of likely N-dealkylation sites (tertiary alicyclic amines) is 1. The van der Waals surface area contributed by atoms with Crippen molar-refractivity contribution < 1.29 is 23.4 Å². The van der Waals surface area contributed by atoms with Gasteiger partial charge in [0.25, 0.3) is 0 Å². The van der Waals surface area contributed by atoms with E-state index in [1.54, 1.807) is 13.3 Å². The van der Waals surface area contributed by atoms with Crippen molar-refractivity contribution in [2.24, 2.45) is 0 Å². The normalized spacial score (nSPS) is 22.9. The number of rotatable bonds is 7. The molecule has 30 heavy (non-hydrogen) atoms. The van der Waals surface area contributed by atoms with Crippen molar-refractivity contribution in [3.8, 4) is 11.6 Å². The summed E-state index contributed by atoms with van der Waals surface area (Å²) in [5.74, 6) is 0.543. The van der Waals surface area contributed by atoms with Gasteiger partial charge in [-0.25, -0.2) is 4.98 Å². The van der Waals surface area contributed by atoms with Crippen molar-refractivity contribution in [1.82, 2.24) is 14.9 Å². The first-order chi connectivity index (χ1) is 14.4. The van der Waals surface area contributed by atoms with E-state index in [1.165, 1.54) is 18.3 Å². The van der Waals surface area contributed by atoms with Crippen LogP contribution in [0.25, 0.3) is 0 Å². The summed E-state index contributed by atoms with van der Waals surface area (Å²) in [6.45, 7) is 5.55. The molecule has 0 aromatic carbocycles. The van der Waals surface area contributed by atoms with Crippen LogP contribution in [0.15, 0.2) is 12.3 Å². The number of ether oxygens (including phenoxy) is 3. The van der Waals surface area contributed by atoms with Crippen molar-refractivity contribution in [2.45, 2.75) is 44.9 Å². The van der Waals surface area contributed by atoms with Crippen LogP contribution in [0.5, 0.6) is 11.6 Å². The molecule has 162 valence electrons. The monoisotopic (exact) mass is 436 g/mol. The highest BCUT2D eigenvalue weighted by molar-refractivity contribution is 7.15. The van der Waals surface area contributed by atoms with Crippen molar-refractivity contribution in [3.63, 3.8) is 0 Å². The van der Waals surface area contributed by atoms with E-state index in [-0.39, 0.29) is 22.7 Å². The summed E-state index contributed by atoms with van der Waals surface area (Å²) in [5.41, 5.74) is 0.722. The average molecular weight is 437 g/mol. The molecule has 0 bridgehead atoms. The summed E-state index contributed by atoms with van der Waals surface area (Å²) in [6.07, 6.45) is 3.30. The van der Waals surface area contributed by atoms with E-state index in [9.17, 15) is 9.18 Å². The predicted molar refractivity (Wildman–Crippen MR) is 110 cm³/mol. The number of hydrogen-bond acceptors (Lipinski definition) is 8. The van der Waals surface area contributed by atoms with Crippen LogP contribution in [0, 0.1) is 5.95 Å². The van der Waals surface area contributed by atoms with Crippen LogP contribution in [0.4, 0.5) is 9.52 Å². The van der Waals surface area contributed by atoms with E-state index in [0.717, 1.165) is 24.2 Å². The molecule has 0 saturated carbocycles. The fourth-order valence-corrected chi connectivity index (χ4v) is 5.02. The van der Waals surface area contributed by atoms with E-state index in [0.29, 0.717) is 37.1 Å². The second kappa shape index (κ2) is 8.44. The van der Waals surface area contributed by atoms with Gasteiger partial charge in [-0.2, -0.15) is 9.37 Å². The topological polar surface area (TPSA) is 85.8 Å². The minimum absolute atomic E-state index is 0.218. The Hall–Kier alpha value is -2.30. The van der Waals surface area contributed by atoms with Gasteiger partial charge in [0, 0.05) is 57.6 Å². The first-order valence-electron chi connectivity index (χ1n) is 9.84. The molecule has 1 saturated heterocycles. The summed E-state index contributed by atoms with van der Waals surface area (Å²) in [5, 5.41) is 2.83. The third-order valence-corrected chi connectivity index (χ3v) is 6.29. The van der Waals surface area contributed by atoms with Gasteiger partial charge in [0.05, 0.1) is 17.7 Å². The van der Waals surface area contributed by atoms with Gasteiger partial charge in [0.1, 0.15) is 18.0 Å². The molecule has 2 aromatic heterocycles. The molecule has 0 radical (unpaired) electrons. The van der Waals surface area contributed by atoms with Gasteiger partial charge in [-0.1, -0.05) is 11.3 Å². The molecule has 4 heterocycles. The summed E-state index contributed by atoms with van der Waals surface area (Å²) in [6, 6.07) is 2.14. The standard InChI is InChI=1S/C20H25FN4O4S/c1-12-7-20(8-14-6-17(28-5-4-27-3)22-9-15(14)29-20)11-25(12)10-16-18(21)24-19(30-16)23-13(2)26/h6,9,12H,4-5,7-8,10-11H2,1-3H3,(H,23,24,26)/t12-,20-/m0/s1. The average Bonchev–Trinajstić information content (AvgIpc) is 3.29. The number of methoxy groups -OCH3 is 1. The third-order valence-electron chi connectivity index (χ3n) is 5.36. The molecule has 4 rings (SSSR count). The fourth-order valence-electron chi connectivity index (χ4n) is 4.11. The van der Waals surface area contributed by atoms with E-state index < -0.39 is 5.95 Å². The van der Waals surface area contributed by atoms with E-state index in [1.807, 2.05) is 6.07 Å². The number of carbonyl (C=O) groups is 1. The maximum atomic E-state index is 14.3. The number of hydrogen-bond donors (Lipinski definition) is 1. The molecule has 1 amide bonds. The van der Waals surface area contributed by atoms with E-state index in [2.05, 4.69) is 27.1 Å². The Kier molecular flexibility index (Phi) is 5.90. The smallest absolute Gasteiger partial charge is 0.230 e. The van der Waals surface area contributed by atoms with Gasteiger partial charge < -0.3 is 19.5 Å². The number of carbonyl (C=O) groups excluding carboxylic acids is 1. The van der Waals surface area contributed by atoms with E-state index >= 15 is 0 Å². The number of nitrogens with one attached hydrogen (secondary N) is 1. The predicted octanol–water partition coefficient (Wildman–Crippen LogP) is 2.63. The van der Waals surface area contributed by atoms with Gasteiger partial charge in [-0.05, 0) is 6.92 Å². The lowest BCUT2D eigenvalue weighted by atomic mass is 9.95. The number of amides is 1. The number of fused-ring (bicyclic) bond motifs is 1. The highest BCUT2D eigenvalue weighted by Crippen LogP contribution is 2.43. The van der Waals surface area contributed by atoms with Gasteiger partial charge in [-0.3, -0.25) is 9.69 Å². The molecule has 1 fully saturated rings. The largest absolute Gasteiger partial charge is 0.484 e. The van der Waals surface area contributed by atoms with Crippen molar-refractivity contribution in [1.29, 1.82) is 0 Å². The molecule has 2 aliphatic heterocycles. The van der Waals surface area contributed by atoms with Gasteiger partial charge >= 0.3 is 0 Å². The number of anilines is 1. The SMILES string of the molecule is COCCOc1cc2c(cn1)O[C@]1(C2)C[C@H](C)N(Cc2sc(NC(C)=O)nc2F)C1. The van der Waals surface area contributed by atoms with Crippen LogP contribution >= 0.6 is 11.3 Å². The number of pyridine rings is 1. The Balaban J connectivity index is 1.42. The van der Waals surface area contributed by atoms with Crippen LogP contribution in [0.2, 0.25) is 0 Å². The molecule has 0 aliphatic carbocycles. The van der Waals surface area contributed by atoms with Gasteiger partial charge in [0.15, 0.2) is 5.13 Å². The van der Waals surface area contributed by atoms with Gasteiger partial charge in [0.2, 0.25) is 17.7 Å². The maximum absolute atomic E-state index is 14.3. The number of aromatic nitrogens is 2. The molecular weight excluding hydrogens is 411 g/mol. The summed E-state index contributed by atoms with van der Waals surface area (Å²) in [4.78, 5) is 22.0. The van der Waals surface area contributed by atoms with Crippen molar-refractivity contribution in [2.75, 3.05) is 32.2 Å². The zero-order valence-corrected chi connectivity index (χ0v) is 18.1. The quantitative estimate of drug-likeness (QED) is 0.668. The second-order valence-electron chi connectivity index (χ2n) is 7.81. The summed E-state index contributed by atoms with van der Waals surface area (Å²) in [7, 11) is 1.63. The highest BCUT2D eigenvalue weighted by Gasteiger charge is 2.48. The molecule has 10 heteroatoms. The van der Waals surface area contributed by atoms with Crippen LogP contribution in [0.3, 0.4) is 0 Å². The fraction of sp³-hybridized carbons (Fsp3) is 0.550.